The molecule has 10 heteroatoms. The summed E-state index contributed by atoms with van der Waals surface area (Å²) in [7, 11) is -4.64. The van der Waals surface area contributed by atoms with Gasteiger partial charge in [0.15, 0.2) is 17.4 Å². The molecule has 1 radical (unpaired) electrons. The zero-order chi connectivity index (χ0) is 4.50. The Balaban J connectivity index is -0.00000000800. The molecule has 0 aromatic carbocycles. The number of phosphoric acid groups is 1. The third kappa shape index (κ3) is 277. The summed E-state index contributed by atoms with van der Waals surface area (Å²) in [5.41, 5.74) is 0. The smallest absolute Gasteiger partial charge is 0.412 e. The second-order valence-electron chi connectivity index (χ2n) is 0.513. The predicted octanol–water partition coefficient (Wildman–Crippen LogP) is -3.77. The van der Waals surface area contributed by atoms with Crippen LogP contribution in [0, 0.1) is 0 Å². The molecular weight excluding hydrogens is 265 g/mol. The summed E-state index contributed by atoms with van der Waals surface area (Å²) in [6.45, 7) is 0. The second-order valence-corrected chi connectivity index (χ2v) is 1.54. The molecule has 0 aliphatic carbocycles. The van der Waals surface area contributed by atoms with Crippen LogP contribution in [0.5, 0.6) is 0 Å². The molecule has 7 N–H and O–H groups in total. The second kappa shape index (κ2) is 16.9. The number of rotatable bonds is 0. The van der Waals surface area contributed by atoms with Gasteiger partial charge < -0.3 is 25.6 Å². The van der Waals surface area contributed by atoms with Gasteiger partial charge in [0.2, 0.25) is 0 Å². The van der Waals surface area contributed by atoms with Crippen molar-refractivity contribution in [3.63, 3.8) is 0 Å². The van der Waals surface area contributed by atoms with Crippen LogP contribution in [0.15, 0.2) is 0 Å². The average Bonchev–Trinajstić information content (AvgIpc) is 0.722. The predicted molar refractivity (Wildman–Crippen MR) is 31.4 cm³/mol. The fraction of sp³-hybridized carbons (Fsp3) is 0. The third-order valence-electron chi connectivity index (χ3n) is 0. The van der Waals surface area contributed by atoms with Gasteiger partial charge >= 0.3 is 7.82 Å². The van der Waals surface area contributed by atoms with E-state index >= 15 is 0 Å². The molecule has 69 valence electrons. The van der Waals surface area contributed by atoms with Gasteiger partial charge in [0.25, 0.3) is 0 Å². The number of hydrogen-bond acceptors (Lipinski definition) is 1. The van der Waals surface area contributed by atoms with Gasteiger partial charge in [0, 0.05) is 34.1 Å². The normalized spacial score (nSPS) is 5.90. The molecule has 0 saturated carbocycles. The Morgan fingerprint density at radius 1 is 1.00 bits per heavy atom. The first-order valence-electron chi connectivity index (χ1n) is 0.783. The van der Waals surface area contributed by atoms with Gasteiger partial charge in [-0.25, -0.2) is 4.57 Å². The van der Waals surface area contributed by atoms with E-state index < -0.39 is 7.82 Å². The molecule has 0 fully saturated rings. The van der Waals surface area contributed by atoms with E-state index in [9.17, 15) is 0 Å². The van der Waals surface area contributed by atoms with Crippen molar-refractivity contribution in [3.8, 4) is 0 Å². The fourth-order valence-electron chi connectivity index (χ4n) is 0. The van der Waals surface area contributed by atoms with Gasteiger partial charge in [0.05, 0.1) is 0 Å². The first-order chi connectivity index (χ1) is 2.00. The summed E-state index contributed by atoms with van der Waals surface area (Å²) in [6.07, 6.45) is 0. The van der Waals surface area contributed by atoms with E-state index in [-0.39, 0.29) is 62.5 Å². The Hall–Kier alpha value is 1.60. The summed E-state index contributed by atoms with van der Waals surface area (Å²) in [6, 6.07) is 0. The van der Waals surface area contributed by atoms with Gasteiger partial charge in [-0.15, -0.1) is 0 Å². The Labute approximate surface area is 89.3 Å². The molecule has 6 nitrogen and oxygen atoms in total. The SMILES string of the molecule is O.O.O=P(O)(O)O.[AlH3].[Fe].[Mn]. The number of hydrogen-bond donors (Lipinski definition) is 3. The molecule has 0 saturated heterocycles. The minimum absolute atomic E-state index is 0. The van der Waals surface area contributed by atoms with E-state index in [4.69, 9.17) is 19.2 Å². The molecule has 0 heterocycles. The van der Waals surface area contributed by atoms with Crippen molar-refractivity contribution in [1.82, 2.24) is 0 Å². The topological polar surface area (TPSA) is 141 Å². The van der Waals surface area contributed by atoms with Gasteiger partial charge in [-0.3, -0.25) is 0 Å². The van der Waals surface area contributed by atoms with Crippen LogP contribution in [0.4, 0.5) is 0 Å². The van der Waals surface area contributed by atoms with Crippen LogP contribution < -0.4 is 0 Å². The van der Waals surface area contributed by atoms with Crippen LogP contribution in [0.25, 0.3) is 0 Å². The van der Waals surface area contributed by atoms with Gasteiger partial charge in [-0.2, -0.15) is 0 Å². The van der Waals surface area contributed by atoms with E-state index in [1.807, 2.05) is 0 Å². The molecule has 0 spiro atoms. The zero-order valence-corrected chi connectivity index (χ0v) is 7.11. The van der Waals surface area contributed by atoms with Crippen molar-refractivity contribution in [3.05, 3.63) is 0 Å². The van der Waals surface area contributed by atoms with Crippen molar-refractivity contribution in [2.45, 2.75) is 0 Å². The molecule has 10 heavy (non-hydrogen) atoms. The molecule has 0 amide bonds. The van der Waals surface area contributed by atoms with Crippen molar-refractivity contribution in [2.75, 3.05) is 0 Å². The van der Waals surface area contributed by atoms with E-state index in [1.165, 1.54) is 0 Å². The summed E-state index contributed by atoms with van der Waals surface area (Å²) in [5, 5.41) is 0. The monoisotopic (exact) mass is 275 g/mol. The molecule has 0 atom stereocenters. The summed E-state index contributed by atoms with van der Waals surface area (Å²) in [4.78, 5) is 21.6. The largest absolute Gasteiger partial charge is 0.466 e. The molecular formula is H10AlFeMnO6P. The van der Waals surface area contributed by atoms with Crippen LogP contribution in [0.1, 0.15) is 0 Å². The quantitative estimate of drug-likeness (QED) is 0.308. The first kappa shape index (κ1) is 41.6. The molecule has 0 aliphatic heterocycles. The molecule has 0 rings (SSSR count). The minimum Gasteiger partial charge on any atom is -0.412 e. The van der Waals surface area contributed by atoms with Crippen LogP contribution in [-0.4, -0.2) is 43.0 Å². The Bertz CT molecular complexity index is 63.9. The van der Waals surface area contributed by atoms with Crippen molar-refractivity contribution in [1.29, 1.82) is 0 Å². The molecule has 0 bridgehead atoms. The van der Waals surface area contributed by atoms with Crippen molar-refractivity contribution in [2.24, 2.45) is 0 Å². The van der Waals surface area contributed by atoms with Crippen LogP contribution in [-0.2, 0) is 38.7 Å². The molecule has 0 aliphatic rings. The van der Waals surface area contributed by atoms with Crippen LogP contribution >= 0.6 is 7.82 Å². The minimum atomic E-state index is -4.64. The van der Waals surface area contributed by atoms with Gasteiger partial charge in [-0.1, -0.05) is 0 Å². The van der Waals surface area contributed by atoms with Gasteiger partial charge in [-0.05, 0) is 0 Å². The average molecular weight is 275 g/mol. The summed E-state index contributed by atoms with van der Waals surface area (Å²) >= 11 is 0. The van der Waals surface area contributed by atoms with Crippen LogP contribution in [0.3, 0.4) is 0 Å². The van der Waals surface area contributed by atoms with Crippen LogP contribution in [0.2, 0.25) is 0 Å². The molecule has 0 aromatic rings. The first-order valence-corrected chi connectivity index (χ1v) is 2.35. The Kier molecular flexibility index (Phi) is 70.3. The molecule has 0 unspecified atom stereocenters. The molecule has 0 aromatic heterocycles. The Morgan fingerprint density at radius 3 is 1.00 bits per heavy atom. The van der Waals surface area contributed by atoms with E-state index in [2.05, 4.69) is 0 Å². The maximum atomic E-state index is 8.88. The zero-order valence-electron chi connectivity index (χ0n) is 3.93. The maximum absolute atomic E-state index is 8.88. The summed E-state index contributed by atoms with van der Waals surface area (Å²) < 4.78 is 8.88. The van der Waals surface area contributed by atoms with E-state index in [0.29, 0.717) is 0 Å². The third-order valence-corrected chi connectivity index (χ3v) is 0. The van der Waals surface area contributed by atoms with E-state index in [1.54, 1.807) is 0 Å². The van der Waals surface area contributed by atoms with Gasteiger partial charge in [0.1, 0.15) is 0 Å². The Morgan fingerprint density at radius 2 is 1.00 bits per heavy atom. The van der Waals surface area contributed by atoms with E-state index in [0.717, 1.165) is 0 Å². The fourth-order valence-corrected chi connectivity index (χ4v) is 0. The maximum Gasteiger partial charge on any atom is 0.466 e. The standard InChI is InChI=1S/Al.Fe.Mn.H3O4P.2H2O.3H/c;;;1-5(2,3)4;;;;;/h;;;(H3,1,2,3,4);2*1H2;;;. The van der Waals surface area contributed by atoms with Crippen molar-refractivity contribution < 1.29 is 64.3 Å². The summed E-state index contributed by atoms with van der Waals surface area (Å²) in [5.74, 6) is 0. The van der Waals surface area contributed by atoms with Crippen molar-refractivity contribution >= 4 is 25.2 Å².